The molecule has 0 aliphatic heterocycles. The van der Waals surface area contributed by atoms with Gasteiger partial charge in [-0.05, 0) is 26.8 Å². The molecular formula is C12H14FNO6. The minimum absolute atomic E-state index is 0.0707. The second-order valence-electron chi connectivity index (χ2n) is 3.47. The largest absolute Gasteiger partial charge is 0.515 e. The van der Waals surface area contributed by atoms with Crippen molar-refractivity contribution < 1.29 is 32.9 Å². The highest BCUT2D eigenvalue weighted by Gasteiger charge is 2.19. The first-order chi connectivity index (χ1) is 9.47. The molecule has 0 aromatic carbocycles. The first-order valence-corrected chi connectivity index (χ1v) is 5.84. The molecule has 0 aliphatic rings. The Balaban J connectivity index is 2.98. The zero-order valence-corrected chi connectivity index (χ0v) is 11.3. The third-order valence-electron chi connectivity index (χ3n) is 1.98. The van der Waals surface area contributed by atoms with Crippen LogP contribution in [0.5, 0.6) is 11.6 Å². The fourth-order valence-corrected chi connectivity index (χ4v) is 1.16. The van der Waals surface area contributed by atoms with E-state index in [0.29, 0.717) is 0 Å². The van der Waals surface area contributed by atoms with Gasteiger partial charge in [-0.15, -0.1) is 0 Å². The molecule has 0 spiro atoms. The maximum atomic E-state index is 13.4. The quantitative estimate of drug-likeness (QED) is 0.621. The highest BCUT2D eigenvalue weighted by molar-refractivity contribution is 5.68. The van der Waals surface area contributed by atoms with E-state index in [9.17, 15) is 14.0 Å². The van der Waals surface area contributed by atoms with E-state index in [-0.39, 0.29) is 24.5 Å². The monoisotopic (exact) mass is 287 g/mol. The molecule has 1 aromatic rings. The molecule has 1 aromatic heterocycles. The second-order valence-corrected chi connectivity index (χ2v) is 3.47. The van der Waals surface area contributed by atoms with Crippen molar-refractivity contribution in [3.63, 3.8) is 0 Å². The van der Waals surface area contributed by atoms with E-state index in [1.807, 2.05) is 0 Å². The number of carbonyl (C=O) groups is 2. The Morgan fingerprint density at radius 3 is 2.25 bits per heavy atom. The summed E-state index contributed by atoms with van der Waals surface area (Å²) in [6.07, 6.45) is -2.11. The molecule has 0 fully saturated rings. The lowest BCUT2D eigenvalue weighted by molar-refractivity contribution is 0.0921. The molecule has 0 saturated heterocycles. The van der Waals surface area contributed by atoms with Crippen molar-refractivity contribution in [1.82, 2.24) is 4.98 Å². The van der Waals surface area contributed by atoms with E-state index < -0.39 is 24.1 Å². The number of hydrogen-bond donors (Lipinski definition) is 0. The van der Waals surface area contributed by atoms with Gasteiger partial charge in [0.15, 0.2) is 5.75 Å². The fourth-order valence-electron chi connectivity index (χ4n) is 1.16. The molecule has 110 valence electrons. The minimum Gasteiger partial charge on any atom is -0.434 e. The predicted molar refractivity (Wildman–Crippen MR) is 64.2 cm³/mol. The first-order valence-electron chi connectivity index (χ1n) is 5.84. The van der Waals surface area contributed by atoms with Gasteiger partial charge in [-0.2, -0.15) is 9.37 Å². The highest BCUT2D eigenvalue weighted by Crippen LogP contribution is 2.27. The van der Waals surface area contributed by atoms with E-state index in [2.05, 4.69) is 19.2 Å². The Morgan fingerprint density at radius 1 is 1.15 bits per heavy atom. The van der Waals surface area contributed by atoms with Crippen molar-refractivity contribution in [2.24, 2.45) is 0 Å². The lowest BCUT2D eigenvalue weighted by Gasteiger charge is -2.10. The van der Waals surface area contributed by atoms with E-state index in [0.717, 1.165) is 6.07 Å². The van der Waals surface area contributed by atoms with Gasteiger partial charge < -0.3 is 18.9 Å². The average Bonchev–Trinajstić information content (AvgIpc) is 2.36. The lowest BCUT2D eigenvalue weighted by Crippen LogP contribution is -2.15. The summed E-state index contributed by atoms with van der Waals surface area (Å²) < 4.78 is 31.9. The molecule has 0 saturated carbocycles. The summed E-state index contributed by atoms with van der Waals surface area (Å²) in [4.78, 5) is 25.8. The lowest BCUT2D eigenvalue weighted by atomic mass is 10.3. The van der Waals surface area contributed by atoms with Gasteiger partial charge >= 0.3 is 12.3 Å². The van der Waals surface area contributed by atoms with Crippen molar-refractivity contribution in [2.45, 2.75) is 20.8 Å². The van der Waals surface area contributed by atoms with Gasteiger partial charge in [-0.3, -0.25) is 0 Å². The minimum atomic E-state index is -1.09. The van der Waals surface area contributed by atoms with Gasteiger partial charge in [0, 0.05) is 5.56 Å². The van der Waals surface area contributed by atoms with Crippen LogP contribution >= 0.6 is 0 Å². The number of aryl methyl sites for hydroxylation is 1. The van der Waals surface area contributed by atoms with Crippen LogP contribution in [0.2, 0.25) is 0 Å². The van der Waals surface area contributed by atoms with Crippen LogP contribution in [-0.4, -0.2) is 30.5 Å². The summed E-state index contributed by atoms with van der Waals surface area (Å²) in [6.45, 7) is 4.74. The maximum Gasteiger partial charge on any atom is 0.515 e. The fraction of sp³-hybridized carbons (Fsp3) is 0.417. The SMILES string of the molecule is CCOC(=O)Oc1cc(C)c(F)nc1OC(=O)OCC. The van der Waals surface area contributed by atoms with E-state index >= 15 is 0 Å². The molecule has 20 heavy (non-hydrogen) atoms. The van der Waals surface area contributed by atoms with Crippen LogP contribution in [0.3, 0.4) is 0 Å². The molecule has 0 radical (unpaired) electrons. The van der Waals surface area contributed by atoms with Crippen molar-refractivity contribution >= 4 is 12.3 Å². The molecule has 0 aliphatic carbocycles. The summed E-state index contributed by atoms with van der Waals surface area (Å²) >= 11 is 0. The Labute approximate surface area is 114 Å². The molecule has 0 amide bonds. The summed E-state index contributed by atoms with van der Waals surface area (Å²) in [5.41, 5.74) is 0.112. The zero-order valence-electron chi connectivity index (χ0n) is 11.3. The molecule has 0 unspecified atom stereocenters. The van der Waals surface area contributed by atoms with Crippen LogP contribution in [0, 0.1) is 12.9 Å². The number of carbonyl (C=O) groups excluding carboxylic acids is 2. The third kappa shape index (κ3) is 4.38. The maximum absolute atomic E-state index is 13.4. The Hall–Kier alpha value is -2.38. The Morgan fingerprint density at radius 2 is 1.70 bits per heavy atom. The van der Waals surface area contributed by atoms with Crippen LogP contribution in [0.25, 0.3) is 0 Å². The van der Waals surface area contributed by atoms with Gasteiger partial charge in [0.05, 0.1) is 13.2 Å². The van der Waals surface area contributed by atoms with Crippen molar-refractivity contribution in [3.8, 4) is 11.6 Å². The van der Waals surface area contributed by atoms with Gasteiger partial charge in [0.25, 0.3) is 5.88 Å². The number of aromatic nitrogens is 1. The van der Waals surface area contributed by atoms with Gasteiger partial charge in [-0.1, -0.05) is 0 Å². The van der Waals surface area contributed by atoms with Crippen LogP contribution in [0.1, 0.15) is 19.4 Å². The normalized spacial score (nSPS) is 9.80. The van der Waals surface area contributed by atoms with Crippen molar-refractivity contribution in [1.29, 1.82) is 0 Å². The van der Waals surface area contributed by atoms with Gasteiger partial charge in [-0.25, -0.2) is 9.59 Å². The molecule has 1 heterocycles. The average molecular weight is 287 g/mol. The molecule has 1 rings (SSSR count). The number of halogens is 1. The van der Waals surface area contributed by atoms with Crippen LogP contribution in [0.4, 0.5) is 14.0 Å². The number of hydrogen-bond acceptors (Lipinski definition) is 7. The third-order valence-corrected chi connectivity index (χ3v) is 1.98. The van der Waals surface area contributed by atoms with E-state index in [1.54, 1.807) is 13.8 Å². The standard InChI is InChI=1S/C12H14FNO6/c1-4-17-11(15)19-8-6-7(3)9(13)14-10(8)20-12(16)18-5-2/h6H,4-5H2,1-3H3. The number of nitrogens with zero attached hydrogens (tertiary/aromatic N) is 1. The topological polar surface area (TPSA) is 84.0 Å². The van der Waals surface area contributed by atoms with Crippen LogP contribution in [0.15, 0.2) is 6.07 Å². The zero-order chi connectivity index (χ0) is 15.1. The predicted octanol–water partition coefficient (Wildman–Crippen LogP) is 2.60. The van der Waals surface area contributed by atoms with E-state index in [1.165, 1.54) is 6.92 Å². The molecule has 0 bridgehead atoms. The molecule has 0 atom stereocenters. The number of rotatable bonds is 4. The summed E-state index contributed by atoms with van der Waals surface area (Å²) in [7, 11) is 0. The molecule has 8 heteroatoms. The Kier molecular flexibility index (Phi) is 5.70. The Bertz CT molecular complexity index is 460. The summed E-state index contributed by atoms with van der Waals surface area (Å²) in [5, 5.41) is 0. The summed E-state index contributed by atoms with van der Waals surface area (Å²) in [5.74, 6) is -1.62. The smallest absolute Gasteiger partial charge is 0.434 e. The van der Waals surface area contributed by atoms with Crippen molar-refractivity contribution in [2.75, 3.05) is 13.2 Å². The molecule has 0 N–H and O–H groups in total. The highest BCUT2D eigenvalue weighted by atomic mass is 19.1. The van der Waals surface area contributed by atoms with Gasteiger partial charge in [0.2, 0.25) is 5.95 Å². The summed E-state index contributed by atoms with van der Waals surface area (Å²) in [6, 6.07) is 1.16. The second kappa shape index (κ2) is 7.27. The number of ether oxygens (including phenoxy) is 4. The number of pyridine rings is 1. The van der Waals surface area contributed by atoms with E-state index in [4.69, 9.17) is 4.74 Å². The molecule has 7 nitrogen and oxygen atoms in total. The molecular weight excluding hydrogens is 273 g/mol. The van der Waals surface area contributed by atoms with Crippen LogP contribution < -0.4 is 9.47 Å². The first kappa shape index (κ1) is 15.7. The van der Waals surface area contributed by atoms with Gasteiger partial charge in [0.1, 0.15) is 0 Å². The van der Waals surface area contributed by atoms with Crippen molar-refractivity contribution in [3.05, 3.63) is 17.6 Å². The van der Waals surface area contributed by atoms with Crippen LogP contribution in [-0.2, 0) is 9.47 Å².